The molecule has 0 aliphatic rings. The summed E-state index contributed by atoms with van der Waals surface area (Å²) in [6.45, 7) is 6.81. The number of nitrogens with zero attached hydrogens (tertiary/aromatic N) is 3. The largest absolute Gasteiger partial charge is 0.394 e. The summed E-state index contributed by atoms with van der Waals surface area (Å²) < 4.78 is 18.5. The predicted molar refractivity (Wildman–Crippen MR) is 141 cm³/mol. The number of ketones is 1. The van der Waals surface area contributed by atoms with Crippen LogP contribution in [0.4, 0.5) is 0 Å². The van der Waals surface area contributed by atoms with Crippen LogP contribution in [-0.2, 0) is 32.0 Å². The molecule has 226 valence electrons. The summed E-state index contributed by atoms with van der Waals surface area (Å²) in [4.78, 5) is 11.2. The molecule has 0 saturated carbocycles. The van der Waals surface area contributed by atoms with Crippen LogP contribution in [0.1, 0.15) is 53.2 Å². The first-order valence-corrected chi connectivity index (χ1v) is 13.2. The summed E-state index contributed by atoms with van der Waals surface area (Å²) in [5, 5.41) is 64.6. The molecule has 0 aliphatic carbocycles. The minimum Gasteiger partial charge on any atom is -0.394 e. The van der Waals surface area contributed by atoms with Crippen LogP contribution in [0.5, 0.6) is 0 Å². The van der Waals surface area contributed by atoms with E-state index in [4.69, 9.17) is 14.2 Å². The van der Waals surface area contributed by atoms with Crippen molar-refractivity contribution in [3.05, 3.63) is 11.9 Å². The van der Waals surface area contributed by atoms with Gasteiger partial charge in [-0.05, 0) is 19.8 Å². The van der Waals surface area contributed by atoms with Crippen LogP contribution in [0.15, 0.2) is 6.20 Å². The maximum absolute atomic E-state index is 11.2. The van der Waals surface area contributed by atoms with E-state index in [1.807, 2.05) is 27.7 Å². The van der Waals surface area contributed by atoms with Crippen molar-refractivity contribution in [2.24, 2.45) is 5.41 Å². The molecular weight excluding hydrogens is 502 g/mol. The molecule has 6 N–H and O–H groups in total. The third kappa shape index (κ3) is 16.4. The van der Waals surface area contributed by atoms with Gasteiger partial charge in [-0.15, -0.1) is 5.10 Å². The van der Waals surface area contributed by atoms with Gasteiger partial charge in [0.05, 0.1) is 77.1 Å². The zero-order chi connectivity index (χ0) is 29.4. The van der Waals surface area contributed by atoms with Gasteiger partial charge in [0, 0.05) is 12.6 Å². The second kappa shape index (κ2) is 24.5. The van der Waals surface area contributed by atoms with E-state index in [1.54, 1.807) is 6.20 Å². The molecule has 38 heavy (non-hydrogen) atoms. The number of carbonyl (C=O) groups is 1. The molecule has 0 atom stereocenters. The maximum Gasteiger partial charge on any atom is 0.129 e. The Bertz CT molecular complexity index is 625. The van der Waals surface area contributed by atoms with Gasteiger partial charge < -0.3 is 49.6 Å². The minimum atomic E-state index is -1.03. The van der Waals surface area contributed by atoms with Crippen molar-refractivity contribution < 1.29 is 49.6 Å². The third-order valence-corrected chi connectivity index (χ3v) is 5.14. The number of carbonyl (C=O) groups excluding carboxylic acids is 1. The van der Waals surface area contributed by atoms with Gasteiger partial charge in [-0.3, -0.25) is 4.68 Å². The monoisotopic (exact) mass is 553 g/mol. The van der Waals surface area contributed by atoms with E-state index in [-0.39, 0.29) is 32.1 Å². The Labute approximate surface area is 226 Å². The van der Waals surface area contributed by atoms with Crippen molar-refractivity contribution in [3.63, 3.8) is 0 Å². The number of hydrogen-bond donors (Lipinski definition) is 6. The third-order valence-electron chi connectivity index (χ3n) is 5.14. The van der Waals surface area contributed by atoms with Gasteiger partial charge in [0.15, 0.2) is 0 Å². The van der Waals surface area contributed by atoms with E-state index in [0.29, 0.717) is 25.0 Å². The van der Waals surface area contributed by atoms with Crippen molar-refractivity contribution in [2.45, 2.75) is 78.7 Å². The van der Waals surface area contributed by atoms with Gasteiger partial charge in [0.1, 0.15) is 24.1 Å². The molecule has 0 aliphatic heterocycles. The highest BCUT2D eigenvalue weighted by molar-refractivity contribution is 5.75. The Hall–Kier alpha value is -1.55. The number of aliphatic hydroxyl groups excluding tert-OH is 6. The lowest BCUT2D eigenvalue weighted by molar-refractivity contribution is -0.146. The number of rotatable bonds is 21. The second-order valence-corrected chi connectivity index (χ2v) is 8.36. The van der Waals surface area contributed by atoms with Crippen molar-refractivity contribution in [3.8, 4) is 0 Å². The van der Waals surface area contributed by atoms with Crippen molar-refractivity contribution in [1.82, 2.24) is 15.0 Å². The van der Waals surface area contributed by atoms with E-state index in [2.05, 4.69) is 10.3 Å². The fourth-order valence-corrected chi connectivity index (χ4v) is 3.03. The lowest BCUT2D eigenvalue weighted by Crippen LogP contribution is -2.46. The van der Waals surface area contributed by atoms with Crippen LogP contribution < -0.4 is 0 Å². The number of Topliss-reactive ketones (excluding diaryl/α,β-unsaturated/α-hetero) is 1. The summed E-state index contributed by atoms with van der Waals surface area (Å²) in [6, 6.07) is 0. The number of aliphatic hydroxyl groups is 6. The zero-order valence-electron chi connectivity index (χ0n) is 23.7. The topological polar surface area (TPSA) is 197 Å². The molecule has 1 aromatic heterocycles. The molecule has 0 unspecified atom stereocenters. The van der Waals surface area contributed by atoms with E-state index in [9.17, 15) is 35.4 Å². The number of aryl methyl sites for hydroxylation is 1. The first kappa shape index (κ1) is 38.6. The molecule has 13 nitrogen and oxygen atoms in total. The minimum absolute atomic E-state index is 0.0878. The second-order valence-electron chi connectivity index (χ2n) is 8.36. The molecule has 0 saturated heterocycles. The average Bonchev–Trinajstić information content (AvgIpc) is 3.39. The molecule has 1 aromatic rings. The van der Waals surface area contributed by atoms with Crippen molar-refractivity contribution in [2.75, 3.05) is 59.5 Å². The Morgan fingerprint density at radius 1 is 0.816 bits per heavy atom. The highest BCUT2D eigenvalue weighted by atomic mass is 16.5. The zero-order valence-corrected chi connectivity index (χ0v) is 23.7. The molecule has 1 rings (SSSR count). The van der Waals surface area contributed by atoms with E-state index < -0.39 is 63.4 Å². The summed E-state index contributed by atoms with van der Waals surface area (Å²) >= 11 is 0. The summed E-state index contributed by atoms with van der Waals surface area (Å²) in [6.07, 6.45) is 0.730. The lowest BCUT2D eigenvalue weighted by atomic mass is 9.90. The Morgan fingerprint density at radius 3 is 1.55 bits per heavy atom. The summed E-state index contributed by atoms with van der Waals surface area (Å²) in [5.74, 6) is 0.0878. The molecule has 0 radical (unpaired) electrons. The van der Waals surface area contributed by atoms with E-state index in [0.717, 1.165) is 0 Å². The number of aromatic nitrogens is 3. The van der Waals surface area contributed by atoms with Crippen LogP contribution >= 0.6 is 0 Å². The molecule has 0 bridgehead atoms. The fourth-order valence-electron chi connectivity index (χ4n) is 3.03. The molecule has 0 fully saturated rings. The summed E-state index contributed by atoms with van der Waals surface area (Å²) in [7, 11) is 0. The van der Waals surface area contributed by atoms with Gasteiger partial charge in [-0.1, -0.05) is 32.9 Å². The summed E-state index contributed by atoms with van der Waals surface area (Å²) in [5.41, 5.74) is -0.355. The highest BCUT2D eigenvalue weighted by Gasteiger charge is 2.36. The molecule has 0 amide bonds. The Morgan fingerprint density at radius 2 is 1.21 bits per heavy atom. The molecule has 0 spiro atoms. The standard InChI is InChI=1S/C21H39N3O10.2C2H6/c1-16(31)3-2-4-17-5-24(23-22-17)12-21(13-32-18(6-25)7-26,14-33-19(8-27)9-28)15-34-20(10-29)11-30;2*1-2/h5,18-20,25-30H,2-4,6-15H2,1H3;2*1-2H3. The van der Waals surface area contributed by atoms with Crippen LogP contribution in [0.3, 0.4) is 0 Å². The lowest BCUT2D eigenvalue weighted by Gasteiger charge is -2.35. The van der Waals surface area contributed by atoms with Gasteiger partial charge in [-0.2, -0.15) is 0 Å². The quantitative estimate of drug-likeness (QED) is 0.113. The van der Waals surface area contributed by atoms with Gasteiger partial charge in [-0.25, -0.2) is 0 Å². The Balaban J connectivity index is 0. The van der Waals surface area contributed by atoms with Gasteiger partial charge >= 0.3 is 0 Å². The smallest absolute Gasteiger partial charge is 0.129 e. The van der Waals surface area contributed by atoms with E-state index in [1.165, 1.54) is 11.6 Å². The predicted octanol–water partition coefficient (Wildman–Crippen LogP) is -0.662. The van der Waals surface area contributed by atoms with Crippen molar-refractivity contribution in [1.29, 1.82) is 0 Å². The first-order chi connectivity index (χ1) is 18.3. The van der Waals surface area contributed by atoms with Gasteiger partial charge in [0.2, 0.25) is 0 Å². The fraction of sp³-hybridized carbons (Fsp3) is 0.880. The Kier molecular flexibility index (Phi) is 24.9. The average molecular weight is 554 g/mol. The van der Waals surface area contributed by atoms with Crippen LogP contribution in [-0.4, -0.2) is 129 Å². The van der Waals surface area contributed by atoms with Crippen molar-refractivity contribution >= 4 is 5.78 Å². The van der Waals surface area contributed by atoms with Crippen LogP contribution in [0, 0.1) is 5.41 Å². The maximum atomic E-state index is 11.2. The first-order valence-electron chi connectivity index (χ1n) is 13.2. The molecule has 13 heteroatoms. The molecule has 0 aromatic carbocycles. The van der Waals surface area contributed by atoms with Crippen LogP contribution in [0.2, 0.25) is 0 Å². The van der Waals surface area contributed by atoms with E-state index >= 15 is 0 Å². The molecular formula is C25H51N3O10. The number of ether oxygens (including phenoxy) is 3. The number of hydrogen-bond acceptors (Lipinski definition) is 12. The highest BCUT2D eigenvalue weighted by Crippen LogP contribution is 2.25. The molecule has 1 heterocycles. The normalized spacial score (nSPS) is 11.4. The van der Waals surface area contributed by atoms with Crippen LogP contribution in [0.25, 0.3) is 0 Å². The van der Waals surface area contributed by atoms with Gasteiger partial charge in [0.25, 0.3) is 0 Å². The SMILES string of the molecule is CC.CC.CC(=O)CCCc1cn(CC(COC(CO)CO)(COC(CO)CO)COC(CO)CO)nn1.